The number of hydrogen-bond acceptors (Lipinski definition) is 8. The molecule has 1 amide bonds. The van der Waals surface area contributed by atoms with Gasteiger partial charge in [0.25, 0.3) is 11.6 Å². The molecule has 164 valence electrons. The molecule has 32 heavy (non-hydrogen) atoms. The number of ether oxygens (including phenoxy) is 3. The van der Waals surface area contributed by atoms with Crippen molar-refractivity contribution in [2.75, 3.05) is 20.3 Å². The highest BCUT2D eigenvalue weighted by atomic mass is 32.1. The van der Waals surface area contributed by atoms with Crippen molar-refractivity contribution in [3.05, 3.63) is 63.0 Å². The Bertz CT molecular complexity index is 1310. The second kappa shape index (κ2) is 9.02. The number of nitrogens with zero attached hydrogens (tertiary/aromatic N) is 3. The van der Waals surface area contributed by atoms with Gasteiger partial charge < -0.3 is 18.8 Å². The Balaban J connectivity index is 1.69. The molecule has 0 saturated carbocycles. The number of benzene rings is 2. The van der Waals surface area contributed by atoms with Gasteiger partial charge in [0.1, 0.15) is 19.8 Å². The van der Waals surface area contributed by atoms with Gasteiger partial charge in [-0.1, -0.05) is 11.3 Å². The minimum absolute atomic E-state index is 0.0389. The molecule has 0 aliphatic carbocycles. The van der Waals surface area contributed by atoms with Crippen LogP contribution in [0.15, 0.2) is 47.5 Å². The molecule has 0 atom stereocenters. The number of esters is 1. The van der Waals surface area contributed by atoms with E-state index in [4.69, 9.17) is 14.2 Å². The minimum atomic E-state index is -0.550. The summed E-state index contributed by atoms with van der Waals surface area (Å²) < 4.78 is 18.4. The number of amides is 1. The summed E-state index contributed by atoms with van der Waals surface area (Å²) in [6, 6.07) is 9.30. The number of nitro groups is 1. The summed E-state index contributed by atoms with van der Waals surface area (Å²) in [6.45, 7) is 0.728. The highest BCUT2D eigenvalue weighted by molar-refractivity contribution is 7.16. The maximum atomic E-state index is 12.5. The van der Waals surface area contributed by atoms with Crippen LogP contribution in [0.4, 0.5) is 5.69 Å². The maximum absolute atomic E-state index is 12.5. The van der Waals surface area contributed by atoms with Crippen LogP contribution in [0.5, 0.6) is 11.5 Å². The van der Waals surface area contributed by atoms with E-state index >= 15 is 0 Å². The van der Waals surface area contributed by atoms with Crippen LogP contribution >= 0.6 is 11.3 Å². The molecule has 0 N–H and O–H groups in total. The minimum Gasteiger partial charge on any atom is -0.486 e. The van der Waals surface area contributed by atoms with Crippen LogP contribution in [0.1, 0.15) is 5.56 Å². The molecule has 3 aromatic rings. The first-order valence-electron chi connectivity index (χ1n) is 9.45. The summed E-state index contributed by atoms with van der Waals surface area (Å²) in [5.74, 6) is 0.1000. The van der Waals surface area contributed by atoms with Gasteiger partial charge >= 0.3 is 5.97 Å². The average Bonchev–Trinajstić information content (AvgIpc) is 3.11. The molecule has 1 aliphatic rings. The van der Waals surface area contributed by atoms with Crippen LogP contribution in [0.25, 0.3) is 16.3 Å². The van der Waals surface area contributed by atoms with E-state index in [9.17, 15) is 19.7 Å². The Morgan fingerprint density at radius 1 is 1.22 bits per heavy atom. The lowest BCUT2D eigenvalue weighted by Crippen LogP contribution is -2.22. The third-order valence-corrected chi connectivity index (χ3v) is 5.63. The normalized spacial score (nSPS) is 13.5. The highest BCUT2D eigenvalue weighted by Gasteiger charge is 2.18. The van der Waals surface area contributed by atoms with Crippen molar-refractivity contribution >= 4 is 45.2 Å². The molecule has 0 radical (unpaired) electrons. The second-order valence-corrected chi connectivity index (χ2v) is 7.65. The quantitative estimate of drug-likeness (QED) is 0.251. The van der Waals surface area contributed by atoms with E-state index in [1.54, 1.807) is 16.7 Å². The fourth-order valence-corrected chi connectivity index (χ4v) is 4.09. The van der Waals surface area contributed by atoms with E-state index < -0.39 is 16.8 Å². The Labute approximate surface area is 185 Å². The Morgan fingerprint density at radius 2 is 1.91 bits per heavy atom. The fraction of sp³-hybridized carbons (Fsp3) is 0.190. The van der Waals surface area contributed by atoms with Crippen molar-refractivity contribution in [3.63, 3.8) is 0 Å². The summed E-state index contributed by atoms with van der Waals surface area (Å²) >= 11 is 1.23. The van der Waals surface area contributed by atoms with Crippen molar-refractivity contribution in [3.8, 4) is 11.5 Å². The summed E-state index contributed by atoms with van der Waals surface area (Å²) in [4.78, 5) is 39.1. The Kier molecular flexibility index (Phi) is 5.99. The summed E-state index contributed by atoms with van der Waals surface area (Å²) in [6.07, 6.45) is 2.76. The largest absolute Gasteiger partial charge is 0.486 e. The fourth-order valence-electron chi connectivity index (χ4n) is 3.04. The zero-order chi connectivity index (χ0) is 22.7. The summed E-state index contributed by atoms with van der Waals surface area (Å²) in [5.41, 5.74) is 1.23. The number of carbonyl (C=O) groups is 2. The zero-order valence-electron chi connectivity index (χ0n) is 16.8. The molecule has 10 nitrogen and oxygen atoms in total. The SMILES string of the molecule is COC(=O)Cn1c(=NC(=O)/C=C\c2ccc([N+](=O)[O-])cc2)sc2cc3c(cc21)OCCO3. The standard InChI is InChI=1S/C21H17N3O7S/c1-29-20(26)12-23-15-10-16-17(31-9-8-30-16)11-18(15)32-21(23)22-19(25)7-4-13-2-5-14(6-3-13)24(27)28/h2-7,10-11H,8-9,12H2,1H3/b7-4-,22-21?. The predicted molar refractivity (Wildman–Crippen MR) is 116 cm³/mol. The molecular formula is C21H17N3O7S. The van der Waals surface area contributed by atoms with Crippen molar-refractivity contribution in [2.45, 2.75) is 6.54 Å². The van der Waals surface area contributed by atoms with E-state index in [-0.39, 0.29) is 12.2 Å². The van der Waals surface area contributed by atoms with E-state index in [1.165, 1.54) is 54.9 Å². The van der Waals surface area contributed by atoms with Crippen LogP contribution in [-0.4, -0.2) is 41.7 Å². The van der Waals surface area contributed by atoms with E-state index in [1.807, 2.05) is 0 Å². The van der Waals surface area contributed by atoms with Gasteiger partial charge in [-0.25, -0.2) is 0 Å². The number of aromatic nitrogens is 1. The van der Waals surface area contributed by atoms with Gasteiger partial charge in [0.15, 0.2) is 16.3 Å². The molecule has 1 aliphatic heterocycles. The molecule has 11 heteroatoms. The highest BCUT2D eigenvalue weighted by Crippen LogP contribution is 2.35. The van der Waals surface area contributed by atoms with E-state index in [0.29, 0.717) is 40.6 Å². The topological polar surface area (TPSA) is 122 Å². The molecule has 1 aromatic heterocycles. The molecule has 2 aromatic carbocycles. The number of thiazole rings is 1. The first-order chi connectivity index (χ1) is 15.4. The third-order valence-electron chi connectivity index (χ3n) is 4.59. The van der Waals surface area contributed by atoms with Crippen LogP contribution < -0.4 is 14.3 Å². The first-order valence-corrected chi connectivity index (χ1v) is 10.3. The number of non-ortho nitro benzene ring substituents is 1. The van der Waals surface area contributed by atoms with Crippen LogP contribution in [0, 0.1) is 10.1 Å². The summed E-state index contributed by atoms with van der Waals surface area (Å²) in [7, 11) is 1.28. The lowest BCUT2D eigenvalue weighted by atomic mass is 10.2. The van der Waals surface area contributed by atoms with Gasteiger partial charge in [0.05, 0.1) is 22.2 Å². The number of nitro benzene ring substituents is 1. The predicted octanol–water partition coefficient (Wildman–Crippen LogP) is 2.70. The second-order valence-electron chi connectivity index (χ2n) is 6.64. The number of carbonyl (C=O) groups excluding carboxylic acids is 2. The number of fused-ring (bicyclic) bond motifs is 2. The van der Waals surface area contributed by atoms with Crippen LogP contribution in [-0.2, 0) is 20.9 Å². The average molecular weight is 455 g/mol. The van der Waals surface area contributed by atoms with Gasteiger partial charge in [-0.05, 0) is 23.8 Å². The van der Waals surface area contributed by atoms with Gasteiger partial charge in [-0.3, -0.25) is 19.7 Å². The Hall–Kier alpha value is -3.99. The van der Waals surface area contributed by atoms with Gasteiger partial charge in [0, 0.05) is 30.3 Å². The van der Waals surface area contributed by atoms with Gasteiger partial charge in [0.2, 0.25) is 0 Å². The third kappa shape index (κ3) is 4.52. The van der Waals surface area contributed by atoms with Gasteiger partial charge in [-0.15, -0.1) is 0 Å². The number of methoxy groups -OCH3 is 1. The van der Waals surface area contributed by atoms with E-state index in [0.717, 1.165) is 4.70 Å². The first kappa shape index (κ1) is 21.2. The van der Waals surface area contributed by atoms with Gasteiger partial charge in [-0.2, -0.15) is 4.99 Å². The molecule has 0 bridgehead atoms. The monoisotopic (exact) mass is 455 g/mol. The molecular weight excluding hydrogens is 438 g/mol. The van der Waals surface area contributed by atoms with Crippen molar-refractivity contribution < 1.29 is 28.7 Å². The smallest absolute Gasteiger partial charge is 0.325 e. The van der Waals surface area contributed by atoms with Crippen LogP contribution in [0.3, 0.4) is 0 Å². The van der Waals surface area contributed by atoms with Crippen molar-refractivity contribution in [1.29, 1.82) is 0 Å². The lowest BCUT2D eigenvalue weighted by molar-refractivity contribution is -0.384. The maximum Gasteiger partial charge on any atom is 0.325 e. The van der Waals surface area contributed by atoms with Crippen LogP contribution in [0.2, 0.25) is 0 Å². The molecule has 4 rings (SSSR count). The van der Waals surface area contributed by atoms with Crippen molar-refractivity contribution in [1.82, 2.24) is 4.57 Å². The zero-order valence-corrected chi connectivity index (χ0v) is 17.7. The molecule has 2 heterocycles. The lowest BCUT2D eigenvalue weighted by Gasteiger charge is -2.18. The molecule has 0 spiro atoms. The Morgan fingerprint density at radius 3 is 2.56 bits per heavy atom. The molecule has 0 saturated heterocycles. The van der Waals surface area contributed by atoms with E-state index in [2.05, 4.69) is 4.99 Å². The molecule has 0 unspecified atom stereocenters. The number of rotatable bonds is 5. The summed E-state index contributed by atoms with van der Waals surface area (Å²) in [5, 5.41) is 10.7. The number of hydrogen-bond donors (Lipinski definition) is 0. The van der Waals surface area contributed by atoms with Crippen molar-refractivity contribution in [2.24, 2.45) is 4.99 Å². The molecule has 0 fully saturated rings.